The lowest BCUT2D eigenvalue weighted by Crippen LogP contribution is -2.52. The van der Waals surface area contributed by atoms with Crippen molar-refractivity contribution < 1.29 is 10.2 Å². The normalized spacial score (nSPS) is 55.4. The Morgan fingerprint density at radius 3 is 2.67 bits per heavy atom. The molecule has 4 rings (SSSR count). The smallest absolute Gasteiger partial charge is 0.111 e. The zero-order valence-electron chi connectivity index (χ0n) is 13.3. The number of aliphatic hydroxyl groups excluding tert-OH is 2. The van der Waals surface area contributed by atoms with Crippen molar-refractivity contribution in [2.24, 2.45) is 34.5 Å². The Morgan fingerprint density at radius 2 is 1.86 bits per heavy atom. The van der Waals surface area contributed by atoms with E-state index >= 15 is 0 Å². The van der Waals surface area contributed by atoms with Crippen LogP contribution in [0.3, 0.4) is 0 Å². The average Bonchev–Trinajstić information content (AvgIpc) is 2.76. The SMILES string of the molecule is C[C@]12CC[C@H]3[C@@H](CCC4C=C(O)C=C[C@@]43C)[C@@H]1CC[C@H]2O. The lowest BCUT2D eigenvalue weighted by Gasteiger charge is -2.58. The van der Waals surface area contributed by atoms with Crippen molar-refractivity contribution in [2.45, 2.75) is 58.5 Å². The molecule has 0 aliphatic heterocycles. The molecule has 4 aliphatic rings. The van der Waals surface area contributed by atoms with E-state index in [2.05, 4.69) is 26.0 Å². The minimum atomic E-state index is -0.0835. The number of allylic oxidation sites excluding steroid dienone is 3. The second-order valence-electron chi connectivity index (χ2n) is 8.49. The van der Waals surface area contributed by atoms with Gasteiger partial charge in [0.1, 0.15) is 5.76 Å². The van der Waals surface area contributed by atoms with Gasteiger partial charge < -0.3 is 10.2 Å². The third-order valence-corrected chi connectivity index (χ3v) is 7.78. The molecule has 0 radical (unpaired) electrons. The zero-order valence-corrected chi connectivity index (χ0v) is 13.3. The molecular weight excluding hydrogens is 260 g/mol. The molecule has 2 N–H and O–H groups in total. The highest BCUT2D eigenvalue weighted by atomic mass is 16.3. The van der Waals surface area contributed by atoms with E-state index in [1.807, 2.05) is 6.08 Å². The molecule has 4 aliphatic carbocycles. The summed E-state index contributed by atoms with van der Waals surface area (Å²) >= 11 is 0. The Bertz CT molecular complexity index is 508. The third kappa shape index (κ3) is 1.75. The van der Waals surface area contributed by atoms with Crippen LogP contribution in [0.2, 0.25) is 0 Å². The van der Waals surface area contributed by atoms with Crippen molar-refractivity contribution in [1.82, 2.24) is 0 Å². The summed E-state index contributed by atoms with van der Waals surface area (Å²) in [5.74, 6) is 3.14. The quantitative estimate of drug-likeness (QED) is 0.700. The first-order valence-electron chi connectivity index (χ1n) is 8.73. The van der Waals surface area contributed by atoms with Gasteiger partial charge in [-0.3, -0.25) is 0 Å². The van der Waals surface area contributed by atoms with Gasteiger partial charge in [0.2, 0.25) is 0 Å². The topological polar surface area (TPSA) is 40.5 Å². The molecule has 1 unspecified atom stereocenters. The van der Waals surface area contributed by atoms with E-state index in [0.717, 1.165) is 18.3 Å². The summed E-state index contributed by atoms with van der Waals surface area (Å²) in [5.41, 5.74) is 0.380. The van der Waals surface area contributed by atoms with Crippen LogP contribution in [0.5, 0.6) is 0 Å². The van der Waals surface area contributed by atoms with E-state index in [4.69, 9.17) is 0 Å². The second kappa shape index (κ2) is 4.38. The van der Waals surface area contributed by atoms with Crippen LogP contribution >= 0.6 is 0 Å². The van der Waals surface area contributed by atoms with Crippen molar-refractivity contribution in [2.75, 3.05) is 0 Å². The maximum absolute atomic E-state index is 10.4. The number of fused-ring (bicyclic) bond motifs is 5. The maximum Gasteiger partial charge on any atom is 0.111 e. The van der Waals surface area contributed by atoms with Crippen molar-refractivity contribution in [3.8, 4) is 0 Å². The van der Waals surface area contributed by atoms with Gasteiger partial charge in [-0.05, 0) is 85.2 Å². The van der Waals surface area contributed by atoms with Gasteiger partial charge in [-0.2, -0.15) is 0 Å². The molecule has 21 heavy (non-hydrogen) atoms. The molecule has 116 valence electrons. The molecule has 2 heteroatoms. The van der Waals surface area contributed by atoms with Crippen LogP contribution in [-0.4, -0.2) is 16.3 Å². The highest BCUT2D eigenvalue weighted by Crippen LogP contribution is 2.64. The second-order valence-corrected chi connectivity index (χ2v) is 8.49. The van der Waals surface area contributed by atoms with Crippen LogP contribution in [0, 0.1) is 34.5 Å². The fourth-order valence-corrected chi connectivity index (χ4v) is 6.43. The molecule has 0 bridgehead atoms. The lowest BCUT2D eigenvalue weighted by molar-refractivity contribution is -0.0857. The predicted octanol–water partition coefficient (Wildman–Crippen LogP) is 4.22. The molecule has 3 saturated carbocycles. The lowest BCUT2D eigenvalue weighted by atomic mass is 9.47. The van der Waals surface area contributed by atoms with Gasteiger partial charge in [0.15, 0.2) is 0 Å². The fraction of sp³-hybridized carbons (Fsp3) is 0.789. The molecule has 7 atom stereocenters. The van der Waals surface area contributed by atoms with E-state index in [9.17, 15) is 10.2 Å². The van der Waals surface area contributed by atoms with Crippen molar-refractivity contribution >= 4 is 0 Å². The van der Waals surface area contributed by atoms with Gasteiger partial charge in [0.25, 0.3) is 0 Å². The van der Waals surface area contributed by atoms with E-state index in [1.165, 1.54) is 32.1 Å². The third-order valence-electron chi connectivity index (χ3n) is 7.78. The van der Waals surface area contributed by atoms with Crippen LogP contribution in [0.1, 0.15) is 52.4 Å². The van der Waals surface area contributed by atoms with Crippen LogP contribution in [-0.2, 0) is 0 Å². The molecule has 0 heterocycles. The Labute approximate surface area is 127 Å². The van der Waals surface area contributed by atoms with E-state index in [0.29, 0.717) is 17.6 Å². The molecule has 0 amide bonds. The average molecular weight is 288 g/mol. The molecule has 0 spiro atoms. The van der Waals surface area contributed by atoms with Crippen LogP contribution in [0.25, 0.3) is 0 Å². The van der Waals surface area contributed by atoms with Gasteiger partial charge in [-0.25, -0.2) is 0 Å². The largest absolute Gasteiger partial charge is 0.508 e. The van der Waals surface area contributed by atoms with Gasteiger partial charge in [0, 0.05) is 0 Å². The summed E-state index contributed by atoms with van der Waals surface area (Å²) in [6.07, 6.45) is 13.3. The highest BCUT2D eigenvalue weighted by molar-refractivity contribution is 5.27. The summed E-state index contributed by atoms with van der Waals surface area (Å²) in [6, 6.07) is 0. The molecule has 3 fully saturated rings. The molecule has 2 nitrogen and oxygen atoms in total. The Hall–Kier alpha value is -0.760. The minimum absolute atomic E-state index is 0.0835. The number of rotatable bonds is 0. The minimum Gasteiger partial charge on any atom is -0.508 e. The van der Waals surface area contributed by atoms with E-state index in [-0.39, 0.29) is 16.9 Å². The molecule has 0 saturated heterocycles. The molecular formula is C19H28O2. The number of hydrogen-bond donors (Lipinski definition) is 2. The first-order valence-corrected chi connectivity index (χ1v) is 8.73. The van der Waals surface area contributed by atoms with Crippen molar-refractivity contribution in [3.63, 3.8) is 0 Å². The molecule has 0 aromatic rings. The van der Waals surface area contributed by atoms with Crippen molar-refractivity contribution in [1.29, 1.82) is 0 Å². The maximum atomic E-state index is 10.4. The summed E-state index contributed by atoms with van der Waals surface area (Å²) in [4.78, 5) is 0. The predicted molar refractivity (Wildman–Crippen MR) is 83.7 cm³/mol. The van der Waals surface area contributed by atoms with Crippen LogP contribution < -0.4 is 0 Å². The summed E-state index contributed by atoms with van der Waals surface area (Å²) < 4.78 is 0. The van der Waals surface area contributed by atoms with Gasteiger partial charge >= 0.3 is 0 Å². The Balaban J connectivity index is 1.68. The summed E-state index contributed by atoms with van der Waals surface area (Å²) in [5, 5.41) is 20.3. The van der Waals surface area contributed by atoms with Crippen LogP contribution in [0.4, 0.5) is 0 Å². The highest BCUT2D eigenvalue weighted by Gasteiger charge is 2.58. The fourth-order valence-electron chi connectivity index (χ4n) is 6.43. The zero-order chi connectivity index (χ0) is 14.8. The first kappa shape index (κ1) is 13.9. The van der Waals surface area contributed by atoms with Crippen molar-refractivity contribution in [3.05, 3.63) is 24.0 Å². The van der Waals surface area contributed by atoms with Crippen LogP contribution in [0.15, 0.2) is 24.0 Å². The van der Waals surface area contributed by atoms with Gasteiger partial charge in [0.05, 0.1) is 6.10 Å². The van der Waals surface area contributed by atoms with E-state index < -0.39 is 0 Å². The summed E-state index contributed by atoms with van der Waals surface area (Å²) in [7, 11) is 0. The number of aliphatic hydroxyl groups is 2. The Morgan fingerprint density at radius 1 is 1.05 bits per heavy atom. The number of hydrogen-bond acceptors (Lipinski definition) is 2. The monoisotopic (exact) mass is 288 g/mol. The Kier molecular flexibility index (Phi) is 2.89. The van der Waals surface area contributed by atoms with Gasteiger partial charge in [-0.1, -0.05) is 19.9 Å². The summed E-state index contributed by atoms with van der Waals surface area (Å²) in [6.45, 7) is 4.74. The van der Waals surface area contributed by atoms with Gasteiger partial charge in [-0.15, -0.1) is 0 Å². The first-order chi connectivity index (χ1) is 9.95. The van der Waals surface area contributed by atoms with E-state index in [1.54, 1.807) is 0 Å². The standard InChI is InChI=1S/C19H28O2/c1-18-9-7-13(20)11-12(18)3-4-14-15-5-6-17(21)19(15,2)10-8-16(14)18/h7,9,11-12,14-17,20-21H,3-6,8,10H2,1-2H3/t12?,14-,15-,16-,17+,18-,19-/m0/s1. The molecule has 0 aromatic heterocycles. The molecule has 0 aromatic carbocycles.